The fraction of sp³-hybridized carbons (Fsp3) is 0.304. The van der Waals surface area contributed by atoms with Crippen molar-refractivity contribution in [3.63, 3.8) is 0 Å². The number of halogens is 1. The van der Waals surface area contributed by atoms with Crippen molar-refractivity contribution < 1.29 is 14.3 Å². The molecule has 0 unspecified atom stereocenters. The van der Waals surface area contributed by atoms with Crippen LogP contribution in [0.15, 0.2) is 42.5 Å². The highest BCUT2D eigenvalue weighted by Crippen LogP contribution is 2.31. The first kappa shape index (κ1) is 23.0. The van der Waals surface area contributed by atoms with Gasteiger partial charge in [-0.25, -0.2) is 4.79 Å². The first-order valence-corrected chi connectivity index (χ1v) is 11.7. The van der Waals surface area contributed by atoms with E-state index in [4.69, 9.17) is 16.3 Å². The maximum Gasteiger partial charge on any atom is 0.321 e. The predicted octanol–water partition coefficient (Wildman–Crippen LogP) is 5.17. The van der Waals surface area contributed by atoms with Crippen LogP contribution in [0.4, 0.5) is 16.2 Å². The standard InChI is InChI=1S/C23H24ClN5O3S/c1-14-5-8-17(9-6-14)25-20(30)22-28-27-21(33-22)15-4-3-11-29(13-15)23(31)26-18-12-16(24)7-10-19(18)32-2/h5-10,12,15H,3-4,11,13H2,1-2H3,(H,25,30)(H,26,31)/t15-/m0/s1. The molecule has 3 amide bonds. The number of likely N-dealkylation sites (tertiary alicyclic amines) is 1. The van der Waals surface area contributed by atoms with Crippen LogP contribution in [-0.4, -0.2) is 47.2 Å². The summed E-state index contributed by atoms with van der Waals surface area (Å²) in [6.07, 6.45) is 1.70. The minimum absolute atomic E-state index is 0.0178. The average Bonchev–Trinajstić information content (AvgIpc) is 3.31. The van der Waals surface area contributed by atoms with Crippen LogP contribution in [0.5, 0.6) is 5.75 Å². The van der Waals surface area contributed by atoms with Gasteiger partial charge in [0.05, 0.1) is 12.8 Å². The van der Waals surface area contributed by atoms with E-state index in [2.05, 4.69) is 20.8 Å². The Morgan fingerprint density at radius 2 is 1.94 bits per heavy atom. The number of aryl methyl sites for hydroxylation is 1. The molecular weight excluding hydrogens is 462 g/mol. The summed E-state index contributed by atoms with van der Waals surface area (Å²) in [4.78, 5) is 27.2. The highest BCUT2D eigenvalue weighted by Gasteiger charge is 2.28. The zero-order valence-electron chi connectivity index (χ0n) is 18.3. The van der Waals surface area contributed by atoms with Gasteiger partial charge in [0.15, 0.2) is 0 Å². The van der Waals surface area contributed by atoms with Gasteiger partial charge in [0.2, 0.25) is 5.01 Å². The number of carbonyl (C=O) groups is 2. The molecule has 33 heavy (non-hydrogen) atoms. The normalized spacial score (nSPS) is 15.7. The van der Waals surface area contributed by atoms with Crippen molar-refractivity contribution in [2.45, 2.75) is 25.7 Å². The van der Waals surface area contributed by atoms with Gasteiger partial charge in [-0.15, -0.1) is 10.2 Å². The summed E-state index contributed by atoms with van der Waals surface area (Å²) in [6.45, 7) is 3.11. The number of ether oxygens (including phenoxy) is 1. The highest BCUT2D eigenvalue weighted by atomic mass is 35.5. The van der Waals surface area contributed by atoms with E-state index in [1.807, 2.05) is 31.2 Å². The molecule has 1 aliphatic rings. The molecule has 2 N–H and O–H groups in total. The summed E-state index contributed by atoms with van der Waals surface area (Å²) >= 11 is 7.33. The molecule has 0 spiro atoms. The van der Waals surface area contributed by atoms with E-state index in [1.165, 1.54) is 18.4 Å². The molecule has 1 atom stereocenters. The number of hydrogen-bond acceptors (Lipinski definition) is 6. The monoisotopic (exact) mass is 485 g/mol. The number of urea groups is 1. The summed E-state index contributed by atoms with van der Waals surface area (Å²) in [5, 5.41) is 15.6. The molecule has 8 nitrogen and oxygen atoms in total. The number of hydrogen-bond donors (Lipinski definition) is 2. The number of amides is 3. The topological polar surface area (TPSA) is 96.4 Å². The second kappa shape index (κ2) is 10.2. The molecule has 0 aliphatic carbocycles. The number of piperidine rings is 1. The van der Waals surface area contributed by atoms with Gasteiger partial charge in [-0.1, -0.05) is 40.6 Å². The summed E-state index contributed by atoms with van der Waals surface area (Å²) in [6, 6.07) is 12.4. The number of nitrogens with zero attached hydrogens (tertiary/aromatic N) is 3. The Bertz CT molecular complexity index is 1150. The third kappa shape index (κ3) is 5.61. The predicted molar refractivity (Wildman–Crippen MR) is 130 cm³/mol. The lowest BCUT2D eigenvalue weighted by molar-refractivity contribution is 0.102. The van der Waals surface area contributed by atoms with E-state index in [1.54, 1.807) is 23.1 Å². The molecule has 10 heteroatoms. The van der Waals surface area contributed by atoms with Crippen LogP contribution in [0, 0.1) is 6.92 Å². The van der Waals surface area contributed by atoms with Gasteiger partial charge in [-0.05, 0) is 50.1 Å². The molecule has 1 aromatic heterocycles. The van der Waals surface area contributed by atoms with Gasteiger partial charge in [0.25, 0.3) is 5.91 Å². The van der Waals surface area contributed by atoms with E-state index >= 15 is 0 Å². The molecule has 0 radical (unpaired) electrons. The Labute approximate surface area is 200 Å². The number of rotatable bonds is 5. The van der Waals surface area contributed by atoms with E-state index in [0.717, 1.165) is 23.4 Å². The Morgan fingerprint density at radius 3 is 2.70 bits per heavy atom. The van der Waals surface area contributed by atoms with Gasteiger partial charge >= 0.3 is 6.03 Å². The Morgan fingerprint density at radius 1 is 1.15 bits per heavy atom. The summed E-state index contributed by atoms with van der Waals surface area (Å²) in [7, 11) is 1.54. The molecule has 0 saturated carbocycles. The van der Waals surface area contributed by atoms with Crippen LogP contribution in [0.3, 0.4) is 0 Å². The molecule has 1 aliphatic heterocycles. The van der Waals surface area contributed by atoms with Gasteiger partial charge < -0.3 is 20.3 Å². The quantitative estimate of drug-likeness (QED) is 0.519. The largest absolute Gasteiger partial charge is 0.495 e. The lowest BCUT2D eigenvalue weighted by Crippen LogP contribution is -2.41. The third-order valence-corrected chi connectivity index (χ3v) is 6.72. The molecule has 2 aromatic carbocycles. The number of carbonyl (C=O) groups excluding carboxylic acids is 2. The van der Waals surface area contributed by atoms with Crippen LogP contribution in [-0.2, 0) is 0 Å². The maximum atomic E-state index is 12.9. The molecule has 2 heterocycles. The molecule has 1 saturated heterocycles. The van der Waals surface area contributed by atoms with Crippen molar-refractivity contribution >= 4 is 46.3 Å². The first-order valence-electron chi connectivity index (χ1n) is 10.5. The fourth-order valence-corrected chi connectivity index (χ4v) is 4.68. The van der Waals surface area contributed by atoms with Crippen LogP contribution < -0.4 is 15.4 Å². The third-order valence-electron chi connectivity index (χ3n) is 5.41. The molecular formula is C23H24ClN5O3S. The van der Waals surface area contributed by atoms with Crippen LogP contribution >= 0.6 is 22.9 Å². The van der Waals surface area contributed by atoms with E-state index in [0.29, 0.717) is 40.2 Å². The number of benzene rings is 2. The number of nitrogens with one attached hydrogen (secondary N) is 2. The van der Waals surface area contributed by atoms with E-state index < -0.39 is 0 Å². The number of methoxy groups -OCH3 is 1. The zero-order valence-corrected chi connectivity index (χ0v) is 19.9. The number of anilines is 2. The van der Waals surface area contributed by atoms with Gasteiger partial charge in [0.1, 0.15) is 10.8 Å². The van der Waals surface area contributed by atoms with Gasteiger partial charge in [0, 0.05) is 29.7 Å². The second-order valence-electron chi connectivity index (χ2n) is 7.83. The van der Waals surface area contributed by atoms with Crippen molar-refractivity contribution in [2.75, 3.05) is 30.8 Å². The minimum Gasteiger partial charge on any atom is -0.495 e. The van der Waals surface area contributed by atoms with Crippen molar-refractivity contribution in [3.8, 4) is 5.75 Å². The van der Waals surface area contributed by atoms with E-state index in [-0.39, 0.29) is 17.9 Å². The maximum absolute atomic E-state index is 12.9. The molecule has 4 rings (SSSR count). The molecule has 3 aromatic rings. The lowest BCUT2D eigenvalue weighted by Gasteiger charge is -2.31. The van der Waals surface area contributed by atoms with Gasteiger partial charge in [-0.3, -0.25) is 4.79 Å². The Kier molecular flexibility index (Phi) is 7.10. The Hall–Kier alpha value is -3.17. The summed E-state index contributed by atoms with van der Waals surface area (Å²) in [5.41, 5.74) is 2.34. The minimum atomic E-state index is -0.291. The van der Waals surface area contributed by atoms with Crippen molar-refractivity contribution in [1.29, 1.82) is 0 Å². The highest BCUT2D eigenvalue weighted by molar-refractivity contribution is 7.13. The van der Waals surface area contributed by atoms with Crippen molar-refractivity contribution in [3.05, 3.63) is 63.1 Å². The molecule has 172 valence electrons. The number of aromatic nitrogens is 2. The zero-order chi connectivity index (χ0) is 23.4. The SMILES string of the molecule is COc1ccc(Cl)cc1NC(=O)N1CCC[C@H](c2nnc(C(=O)Nc3ccc(C)cc3)s2)C1. The second-order valence-corrected chi connectivity index (χ2v) is 9.27. The van der Waals surface area contributed by atoms with Crippen LogP contribution in [0.1, 0.15) is 39.1 Å². The smallest absolute Gasteiger partial charge is 0.321 e. The lowest BCUT2D eigenvalue weighted by atomic mass is 9.99. The average molecular weight is 486 g/mol. The van der Waals surface area contributed by atoms with Crippen LogP contribution in [0.2, 0.25) is 5.02 Å². The molecule has 1 fully saturated rings. The summed E-state index contributed by atoms with van der Waals surface area (Å²) < 4.78 is 5.31. The van der Waals surface area contributed by atoms with E-state index in [9.17, 15) is 9.59 Å². The fourth-order valence-electron chi connectivity index (χ4n) is 3.65. The van der Waals surface area contributed by atoms with Gasteiger partial charge in [-0.2, -0.15) is 0 Å². The van der Waals surface area contributed by atoms with Crippen molar-refractivity contribution in [2.24, 2.45) is 0 Å². The van der Waals surface area contributed by atoms with Crippen LogP contribution in [0.25, 0.3) is 0 Å². The summed E-state index contributed by atoms with van der Waals surface area (Å²) in [5.74, 6) is 0.264. The molecule has 0 bridgehead atoms. The Balaban J connectivity index is 1.40. The van der Waals surface area contributed by atoms with Crippen molar-refractivity contribution in [1.82, 2.24) is 15.1 Å². The first-order chi connectivity index (χ1) is 15.9.